The predicted molar refractivity (Wildman–Crippen MR) is 91.8 cm³/mol. The summed E-state index contributed by atoms with van der Waals surface area (Å²) in [6.07, 6.45) is 0. The van der Waals surface area contributed by atoms with Crippen molar-refractivity contribution < 1.29 is 14.3 Å². The van der Waals surface area contributed by atoms with E-state index in [0.717, 1.165) is 0 Å². The van der Waals surface area contributed by atoms with E-state index >= 15 is 0 Å². The number of amides is 1. The molecule has 0 saturated heterocycles. The normalized spacial score (nSPS) is 11.0. The molecule has 4 aromatic rings. The molecule has 0 spiro atoms. The molecule has 3 N–H and O–H groups in total. The van der Waals surface area contributed by atoms with Gasteiger partial charge in [0.25, 0.3) is 5.91 Å². The Morgan fingerprint density at radius 1 is 1.23 bits per heavy atom. The highest BCUT2D eigenvalue weighted by molar-refractivity contribution is 6.07. The highest BCUT2D eigenvalue weighted by atomic mass is 19.1. The number of nitrogens with zero attached hydrogens (tertiary/aromatic N) is 4. The van der Waals surface area contributed by atoms with Crippen molar-refractivity contribution in [2.75, 3.05) is 5.32 Å². The van der Waals surface area contributed by atoms with Gasteiger partial charge in [-0.25, -0.2) is 9.07 Å². The molecular weight excluding hydrogens is 339 g/mol. The van der Waals surface area contributed by atoms with Crippen molar-refractivity contribution in [2.45, 2.75) is 6.92 Å². The maximum atomic E-state index is 13.1. The van der Waals surface area contributed by atoms with Gasteiger partial charge in [-0.2, -0.15) is 5.10 Å². The maximum absolute atomic E-state index is 13.1. The molecule has 0 radical (unpaired) electrons. The van der Waals surface area contributed by atoms with E-state index in [1.807, 2.05) is 0 Å². The molecule has 0 fully saturated rings. The summed E-state index contributed by atoms with van der Waals surface area (Å²) in [7, 11) is 0. The lowest BCUT2D eigenvalue weighted by Crippen LogP contribution is -2.14. The van der Waals surface area contributed by atoms with Crippen LogP contribution in [-0.2, 0) is 0 Å². The summed E-state index contributed by atoms with van der Waals surface area (Å²) in [6, 6.07) is 10.4. The fourth-order valence-corrected chi connectivity index (χ4v) is 2.64. The molecule has 9 heteroatoms. The average Bonchev–Trinajstić information content (AvgIpc) is 3.19. The summed E-state index contributed by atoms with van der Waals surface area (Å²) >= 11 is 0. The lowest BCUT2D eigenvalue weighted by atomic mass is 10.2. The number of rotatable bonds is 3. The van der Waals surface area contributed by atoms with E-state index in [9.17, 15) is 14.3 Å². The van der Waals surface area contributed by atoms with Gasteiger partial charge in [0.05, 0.1) is 16.9 Å². The number of nitrogens with one attached hydrogen (secondary N) is 2. The van der Waals surface area contributed by atoms with Crippen LogP contribution in [0.1, 0.15) is 16.2 Å². The zero-order valence-corrected chi connectivity index (χ0v) is 13.6. The lowest BCUT2D eigenvalue weighted by Gasteiger charge is -2.04. The van der Waals surface area contributed by atoms with E-state index < -0.39 is 5.91 Å². The Labute approximate surface area is 146 Å². The maximum Gasteiger partial charge on any atom is 0.279 e. The third-order valence-corrected chi connectivity index (χ3v) is 3.96. The second kappa shape index (κ2) is 5.96. The number of hydrogen-bond donors (Lipinski definition) is 3. The van der Waals surface area contributed by atoms with Crippen LogP contribution in [0.5, 0.6) is 5.75 Å². The van der Waals surface area contributed by atoms with Crippen LogP contribution in [-0.4, -0.2) is 36.2 Å². The largest absolute Gasteiger partial charge is 0.508 e. The number of H-pyrrole nitrogens is 1. The van der Waals surface area contributed by atoms with Crippen molar-refractivity contribution in [1.29, 1.82) is 0 Å². The number of phenols is 1. The number of halogens is 1. The number of aromatic amines is 1. The van der Waals surface area contributed by atoms with E-state index in [2.05, 4.69) is 25.8 Å². The Morgan fingerprint density at radius 3 is 2.77 bits per heavy atom. The molecule has 2 aromatic carbocycles. The fraction of sp³-hybridized carbons (Fsp3) is 0.0588. The summed E-state index contributed by atoms with van der Waals surface area (Å²) in [5, 5.41) is 27.5. The van der Waals surface area contributed by atoms with Crippen molar-refractivity contribution in [3.8, 4) is 11.4 Å². The highest BCUT2D eigenvalue weighted by Crippen LogP contribution is 2.24. The molecule has 130 valence electrons. The van der Waals surface area contributed by atoms with Gasteiger partial charge in [-0.3, -0.25) is 9.89 Å². The van der Waals surface area contributed by atoms with Gasteiger partial charge in [-0.1, -0.05) is 5.21 Å². The Hall–Kier alpha value is -3.75. The van der Waals surface area contributed by atoms with Crippen LogP contribution >= 0.6 is 0 Å². The minimum absolute atomic E-state index is 0.0945. The molecule has 2 aromatic heterocycles. The Kier molecular flexibility index (Phi) is 3.61. The Balaban J connectivity index is 1.63. The van der Waals surface area contributed by atoms with Gasteiger partial charge in [0, 0.05) is 11.5 Å². The quantitative estimate of drug-likeness (QED) is 0.525. The van der Waals surface area contributed by atoms with Crippen LogP contribution in [0.15, 0.2) is 42.5 Å². The van der Waals surface area contributed by atoms with Crippen LogP contribution in [0.25, 0.3) is 16.6 Å². The van der Waals surface area contributed by atoms with Crippen molar-refractivity contribution in [2.24, 2.45) is 0 Å². The molecule has 1 amide bonds. The second-order valence-electron chi connectivity index (χ2n) is 5.67. The number of anilines is 1. The first kappa shape index (κ1) is 15.8. The van der Waals surface area contributed by atoms with Crippen molar-refractivity contribution >= 4 is 22.6 Å². The van der Waals surface area contributed by atoms with Crippen molar-refractivity contribution in [1.82, 2.24) is 25.2 Å². The molecular formula is C17H13FN6O2. The van der Waals surface area contributed by atoms with Crippen molar-refractivity contribution in [3.63, 3.8) is 0 Å². The molecule has 0 aliphatic heterocycles. The third kappa shape index (κ3) is 2.65. The first-order valence-electron chi connectivity index (χ1n) is 7.69. The van der Waals surface area contributed by atoms with Gasteiger partial charge in [0.15, 0.2) is 11.5 Å². The fourth-order valence-electron chi connectivity index (χ4n) is 2.64. The number of aromatic nitrogens is 5. The SMILES string of the molecule is Cc1c(C(=O)Nc2n[nH]c3cc(O)ccc23)nnn1-c1ccc(F)cc1. The zero-order valence-electron chi connectivity index (χ0n) is 13.6. The number of hydrogen-bond acceptors (Lipinski definition) is 5. The summed E-state index contributed by atoms with van der Waals surface area (Å²) in [6.45, 7) is 1.69. The number of aromatic hydroxyl groups is 1. The standard InChI is InChI=1S/C17H13FN6O2/c1-9-15(21-23-24(9)11-4-2-10(18)3-5-11)17(26)19-16-13-7-6-12(25)8-14(13)20-22-16/h2-8,25H,1H3,(H2,19,20,22,26). The third-order valence-electron chi connectivity index (χ3n) is 3.96. The molecule has 26 heavy (non-hydrogen) atoms. The zero-order chi connectivity index (χ0) is 18.3. The summed E-state index contributed by atoms with van der Waals surface area (Å²) < 4.78 is 14.5. The smallest absolute Gasteiger partial charge is 0.279 e. The number of benzene rings is 2. The van der Waals surface area contributed by atoms with Crippen molar-refractivity contribution in [3.05, 3.63) is 59.7 Å². The summed E-state index contributed by atoms with van der Waals surface area (Å²) in [5.74, 6) is -0.420. The van der Waals surface area contributed by atoms with Crippen LogP contribution in [0.2, 0.25) is 0 Å². The van der Waals surface area contributed by atoms with Gasteiger partial charge in [-0.05, 0) is 43.3 Å². The van der Waals surface area contributed by atoms with Crippen LogP contribution < -0.4 is 5.32 Å². The van der Waals surface area contributed by atoms with Gasteiger partial charge < -0.3 is 10.4 Å². The van der Waals surface area contributed by atoms with Gasteiger partial charge in [0.1, 0.15) is 11.6 Å². The molecule has 0 bridgehead atoms. The first-order valence-corrected chi connectivity index (χ1v) is 7.69. The van der Waals surface area contributed by atoms with E-state index in [-0.39, 0.29) is 17.3 Å². The molecule has 2 heterocycles. The summed E-state index contributed by atoms with van der Waals surface area (Å²) in [5.41, 5.74) is 1.82. The topological polar surface area (TPSA) is 109 Å². The number of phenolic OH excluding ortho intramolecular Hbond substituents is 1. The molecule has 0 atom stereocenters. The highest BCUT2D eigenvalue weighted by Gasteiger charge is 2.19. The van der Waals surface area contributed by atoms with Crippen LogP contribution in [0, 0.1) is 12.7 Å². The predicted octanol–water partition coefficient (Wildman–Crippen LogP) is 2.55. The minimum Gasteiger partial charge on any atom is -0.508 e. The van der Waals surface area contributed by atoms with Gasteiger partial charge in [-0.15, -0.1) is 5.10 Å². The number of carbonyl (C=O) groups is 1. The van der Waals surface area contributed by atoms with Gasteiger partial charge >= 0.3 is 0 Å². The second-order valence-corrected chi connectivity index (χ2v) is 5.67. The minimum atomic E-state index is -0.475. The number of fused-ring (bicyclic) bond motifs is 1. The molecule has 0 saturated carbocycles. The Bertz CT molecular complexity index is 1120. The summed E-state index contributed by atoms with van der Waals surface area (Å²) in [4.78, 5) is 12.6. The van der Waals surface area contributed by atoms with Gasteiger partial charge in [0.2, 0.25) is 0 Å². The van der Waals surface area contributed by atoms with E-state index in [1.54, 1.807) is 25.1 Å². The number of carbonyl (C=O) groups excluding carboxylic acids is 1. The van der Waals surface area contributed by atoms with E-state index in [1.165, 1.54) is 28.9 Å². The van der Waals surface area contributed by atoms with Crippen LogP contribution in [0.4, 0.5) is 10.2 Å². The first-order chi connectivity index (χ1) is 12.5. The average molecular weight is 352 g/mol. The Morgan fingerprint density at radius 2 is 2.00 bits per heavy atom. The van der Waals surface area contributed by atoms with E-state index in [4.69, 9.17) is 0 Å². The molecule has 8 nitrogen and oxygen atoms in total. The molecule has 4 rings (SSSR count). The van der Waals surface area contributed by atoms with E-state index in [0.29, 0.717) is 28.1 Å². The lowest BCUT2D eigenvalue weighted by molar-refractivity contribution is 0.102. The van der Waals surface area contributed by atoms with Crippen LogP contribution in [0.3, 0.4) is 0 Å². The molecule has 0 aliphatic rings. The molecule has 0 aliphatic carbocycles. The molecule has 0 unspecified atom stereocenters. The monoisotopic (exact) mass is 352 g/mol.